The van der Waals surface area contributed by atoms with Crippen LogP contribution in [0, 0.1) is 0 Å². The molecule has 3 nitrogen and oxygen atoms in total. The predicted molar refractivity (Wildman–Crippen MR) is 186 cm³/mol. The fourth-order valence-electron chi connectivity index (χ4n) is 7.08. The summed E-state index contributed by atoms with van der Waals surface area (Å²) in [7, 11) is 0. The minimum Gasteiger partial charge on any atom is -0.309 e. The zero-order chi connectivity index (χ0) is 28.8. The molecule has 0 atom stereocenters. The number of hydrogen-bond donors (Lipinski definition) is 0. The molecule has 10 rings (SSSR count). The Hall–Kier alpha value is -5.58. The third kappa shape index (κ3) is 3.26. The average Bonchev–Trinajstić information content (AvgIpc) is 3.34. The molecule has 3 heterocycles. The van der Waals surface area contributed by atoms with E-state index in [1.54, 1.807) is 0 Å². The molecule has 0 amide bonds. The maximum Gasteiger partial charge on any atom is 0.0994 e. The van der Waals surface area contributed by atoms with Crippen LogP contribution in [0.1, 0.15) is 0 Å². The Balaban J connectivity index is 1.38. The van der Waals surface area contributed by atoms with Gasteiger partial charge in [-0.05, 0) is 53.2 Å². The summed E-state index contributed by atoms with van der Waals surface area (Å²) in [4.78, 5) is 10.5. The van der Waals surface area contributed by atoms with Gasteiger partial charge < -0.3 is 4.57 Å². The van der Waals surface area contributed by atoms with Crippen LogP contribution in [0.5, 0.6) is 0 Å². The standard InChI is InChI=1S/C40H23N3S/c1-2-10-26(11-3-1)39-40(42-29-16-6-5-15-28(29)41-39)27-14-4-7-17-30(27)43-31-22-20-24-12-8-18-33-35(24)37(31)38-32(43)23-21-25-13-9-19-34(44-33)36(25)38/h1-23H. The Labute approximate surface area is 256 Å². The van der Waals surface area contributed by atoms with E-state index in [2.05, 4.69) is 120 Å². The predicted octanol–water partition coefficient (Wildman–Crippen LogP) is 11.0. The lowest BCUT2D eigenvalue weighted by molar-refractivity contribution is 1.17. The van der Waals surface area contributed by atoms with Crippen molar-refractivity contribution in [2.45, 2.75) is 0 Å². The van der Waals surface area contributed by atoms with E-state index in [-0.39, 0.29) is 0 Å². The second-order valence-electron chi connectivity index (χ2n) is 11.4. The second-order valence-corrected chi connectivity index (χ2v) is 12.4. The number of rotatable bonds is 3. The van der Waals surface area contributed by atoms with Crippen molar-refractivity contribution < 1.29 is 0 Å². The van der Waals surface area contributed by atoms with E-state index in [4.69, 9.17) is 9.97 Å². The number of aromatic nitrogens is 3. The van der Waals surface area contributed by atoms with Gasteiger partial charge in [-0.15, -0.1) is 11.3 Å². The third-order valence-electron chi connectivity index (χ3n) is 8.94. The van der Waals surface area contributed by atoms with Crippen LogP contribution in [0.15, 0.2) is 140 Å². The first-order chi connectivity index (χ1) is 21.8. The van der Waals surface area contributed by atoms with E-state index >= 15 is 0 Å². The van der Waals surface area contributed by atoms with Gasteiger partial charge in [0.05, 0.1) is 39.1 Å². The fraction of sp³-hybridized carbons (Fsp3) is 0. The van der Waals surface area contributed by atoms with Gasteiger partial charge in [-0.2, -0.15) is 0 Å². The SMILES string of the molecule is c1ccc(-c2nc3ccccc3nc2-c2ccccc2-n2c3ccc4cccc5sc6cccc7ccc2c(c76)c3c45)cc1. The Morgan fingerprint density at radius 1 is 0.432 bits per heavy atom. The van der Waals surface area contributed by atoms with Gasteiger partial charge in [0, 0.05) is 42.1 Å². The van der Waals surface area contributed by atoms with Crippen LogP contribution < -0.4 is 0 Å². The number of para-hydroxylation sites is 3. The second kappa shape index (κ2) is 8.96. The third-order valence-corrected chi connectivity index (χ3v) is 10.1. The molecule has 0 aliphatic rings. The van der Waals surface area contributed by atoms with E-state index in [0.29, 0.717) is 0 Å². The van der Waals surface area contributed by atoms with Crippen LogP contribution in [-0.4, -0.2) is 14.5 Å². The summed E-state index contributed by atoms with van der Waals surface area (Å²) in [5.74, 6) is 0. The fourth-order valence-corrected chi connectivity index (χ4v) is 8.25. The lowest BCUT2D eigenvalue weighted by Gasteiger charge is -2.17. The largest absolute Gasteiger partial charge is 0.309 e. The van der Waals surface area contributed by atoms with Crippen molar-refractivity contribution in [3.05, 3.63) is 140 Å². The summed E-state index contributed by atoms with van der Waals surface area (Å²) in [6.45, 7) is 0. The quantitative estimate of drug-likeness (QED) is 0.209. The molecule has 44 heavy (non-hydrogen) atoms. The van der Waals surface area contributed by atoms with Crippen molar-refractivity contribution >= 4 is 75.1 Å². The summed E-state index contributed by atoms with van der Waals surface area (Å²) in [5.41, 5.74) is 9.14. The van der Waals surface area contributed by atoms with Gasteiger partial charge in [-0.3, -0.25) is 0 Å². The number of hydrogen-bond acceptors (Lipinski definition) is 3. The topological polar surface area (TPSA) is 30.7 Å². The minimum atomic E-state index is 0.881. The molecule has 0 radical (unpaired) electrons. The number of fused-ring (bicyclic) bond motifs is 1. The van der Waals surface area contributed by atoms with Crippen molar-refractivity contribution in [2.75, 3.05) is 0 Å². The molecule has 0 aliphatic heterocycles. The van der Waals surface area contributed by atoms with E-state index < -0.39 is 0 Å². The highest BCUT2D eigenvalue weighted by molar-refractivity contribution is 7.24. The molecule has 0 N–H and O–H groups in total. The molecule has 204 valence electrons. The van der Waals surface area contributed by atoms with E-state index in [9.17, 15) is 0 Å². The molecule has 7 aromatic carbocycles. The van der Waals surface area contributed by atoms with Crippen LogP contribution in [0.4, 0.5) is 0 Å². The molecule has 3 aromatic heterocycles. The van der Waals surface area contributed by atoms with E-state index in [1.165, 1.54) is 52.8 Å². The Bertz CT molecular complexity index is 2610. The van der Waals surface area contributed by atoms with Gasteiger partial charge in [0.2, 0.25) is 0 Å². The maximum absolute atomic E-state index is 5.30. The average molecular weight is 578 g/mol. The molecule has 0 bridgehead atoms. The lowest BCUT2D eigenvalue weighted by atomic mass is 10.00. The zero-order valence-corrected chi connectivity index (χ0v) is 24.3. The summed E-state index contributed by atoms with van der Waals surface area (Å²) in [5, 5.41) is 7.83. The molecule has 0 saturated carbocycles. The summed E-state index contributed by atoms with van der Waals surface area (Å²) in [6, 6.07) is 49.8. The molecule has 10 aromatic rings. The molecular formula is C40H23N3S. The van der Waals surface area contributed by atoms with Gasteiger partial charge in [0.25, 0.3) is 0 Å². The van der Waals surface area contributed by atoms with E-state index in [1.807, 2.05) is 35.6 Å². The first-order valence-corrected chi connectivity index (χ1v) is 15.7. The van der Waals surface area contributed by atoms with Crippen molar-refractivity contribution in [1.29, 1.82) is 0 Å². The van der Waals surface area contributed by atoms with Crippen LogP contribution in [-0.2, 0) is 0 Å². The monoisotopic (exact) mass is 577 g/mol. The molecular weight excluding hydrogens is 555 g/mol. The number of nitrogens with zero attached hydrogens (tertiary/aromatic N) is 3. The van der Waals surface area contributed by atoms with Crippen molar-refractivity contribution in [3.63, 3.8) is 0 Å². The van der Waals surface area contributed by atoms with Gasteiger partial charge in [0.15, 0.2) is 0 Å². The highest BCUT2D eigenvalue weighted by atomic mass is 32.1. The zero-order valence-electron chi connectivity index (χ0n) is 23.5. The molecule has 0 fully saturated rings. The minimum absolute atomic E-state index is 0.881. The molecule has 0 saturated heterocycles. The van der Waals surface area contributed by atoms with Crippen molar-refractivity contribution in [3.8, 4) is 28.2 Å². The van der Waals surface area contributed by atoms with Crippen LogP contribution in [0.2, 0.25) is 0 Å². The highest BCUT2D eigenvalue weighted by Gasteiger charge is 2.23. The highest BCUT2D eigenvalue weighted by Crippen LogP contribution is 2.47. The van der Waals surface area contributed by atoms with Crippen molar-refractivity contribution in [1.82, 2.24) is 14.5 Å². The summed E-state index contributed by atoms with van der Waals surface area (Å²) < 4.78 is 5.06. The lowest BCUT2D eigenvalue weighted by Crippen LogP contribution is -2.01. The Kier molecular flexibility index (Phi) is 4.87. The Morgan fingerprint density at radius 3 is 1.66 bits per heavy atom. The normalized spacial score (nSPS) is 12.1. The van der Waals surface area contributed by atoms with Gasteiger partial charge >= 0.3 is 0 Å². The molecule has 0 spiro atoms. The van der Waals surface area contributed by atoms with Crippen LogP contribution in [0.25, 0.3) is 92.0 Å². The Morgan fingerprint density at radius 2 is 1.00 bits per heavy atom. The van der Waals surface area contributed by atoms with Gasteiger partial charge in [0.1, 0.15) is 0 Å². The molecule has 0 aliphatic carbocycles. The first-order valence-electron chi connectivity index (χ1n) is 14.8. The van der Waals surface area contributed by atoms with Gasteiger partial charge in [-0.25, -0.2) is 9.97 Å². The number of benzene rings is 7. The smallest absolute Gasteiger partial charge is 0.0994 e. The molecule has 4 heteroatoms. The van der Waals surface area contributed by atoms with Crippen LogP contribution >= 0.6 is 11.3 Å². The van der Waals surface area contributed by atoms with Crippen LogP contribution in [0.3, 0.4) is 0 Å². The summed E-state index contributed by atoms with van der Waals surface area (Å²) >= 11 is 1.89. The van der Waals surface area contributed by atoms with Crippen molar-refractivity contribution in [2.24, 2.45) is 0 Å². The summed E-state index contributed by atoms with van der Waals surface area (Å²) in [6.07, 6.45) is 0. The van der Waals surface area contributed by atoms with E-state index in [0.717, 1.165) is 39.2 Å². The first kappa shape index (κ1) is 23.9. The molecule has 0 unspecified atom stereocenters. The maximum atomic E-state index is 5.30. The van der Waals surface area contributed by atoms with Gasteiger partial charge in [-0.1, -0.05) is 97.1 Å².